The van der Waals surface area contributed by atoms with Gasteiger partial charge in [-0.15, -0.1) is 0 Å². The molecular formula is C7H8F3NO2S. The Morgan fingerprint density at radius 1 is 1.36 bits per heavy atom. The van der Waals surface area contributed by atoms with E-state index in [1.807, 2.05) is 0 Å². The van der Waals surface area contributed by atoms with Gasteiger partial charge in [0.2, 0.25) is 5.91 Å². The number of amides is 1. The van der Waals surface area contributed by atoms with Crippen LogP contribution in [0.4, 0.5) is 13.2 Å². The molecule has 1 amide bonds. The number of rotatable bonds is 3. The first-order chi connectivity index (χ1) is 6.38. The molecule has 7 heteroatoms. The Morgan fingerprint density at radius 3 is 2.43 bits per heavy atom. The average molecular weight is 227 g/mol. The summed E-state index contributed by atoms with van der Waals surface area (Å²) in [7, 11) is 0. The van der Waals surface area contributed by atoms with Crippen LogP contribution in [0.15, 0.2) is 0 Å². The maximum Gasteiger partial charge on any atom is 0.441 e. The van der Waals surface area contributed by atoms with Crippen LogP contribution in [0.2, 0.25) is 0 Å². The Hall–Kier alpha value is -0.720. The van der Waals surface area contributed by atoms with Crippen molar-refractivity contribution in [3.63, 3.8) is 0 Å². The lowest BCUT2D eigenvalue weighted by molar-refractivity contribution is -0.127. The molecule has 0 aromatic rings. The monoisotopic (exact) mass is 227 g/mol. The smallest absolute Gasteiger partial charge is 0.334 e. The molecule has 0 aliphatic carbocycles. The third kappa shape index (κ3) is 3.57. The van der Waals surface area contributed by atoms with E-state index in [2.05, 4.69) is 0 Å². The number of alkyl halides is 3. The number of nitrogens with zero attached hydrogens (tertiary/aromatic N) is 1. The van der Waals surface area contributed by atoms with Crippen LogP contribution in [0.3, 0.4) is 0 Å². The van der Waals surface area contributed by atoms with Gasteiger partial charge in [-0.05, 0) is 11.8 Å². The van der Waals surface area contributed by atoms with Gasteiger partial charge in [-0.25, -0.2) is 0 Å². The first kappa shape index (κ1) is 11.4. The molecule has 1 saturated heterocycles. The standard InChI is InChI=1S/C7H8F3NO2S/c8-7(9,10)14-2-1-11-4-5(12)3-6(11)13/h1-4H2. The van der Waals surface area contributed by atoms with Crippen LogP contribution in [0.5, 0.6) is 0 Å². The number of likely N-dealkylation sites (tertiary alicyclic amines) is 1. The summed E-state index contributed by atoms with van der Waals surface area (Å²) in [6.45, 7) is -0.0635. The Morgan fingerprint density at radius 2 is 2.00 bits per heavy atom. The molecule has 1 fully saturated rings. The highest BCUT2D eigenvalue weighted by molar-refractivity contribution is 8.00. The predicted octanol–water partition coefficient (Wildman–Crippen LogP) is 1.04. The van der Waals surface area contributed by atoms with Crippen molar-refractivity contribution in [2.75, 3.05) is 18.8 Å². The van der Waals surface area contributed by atoms with Gasteiger partial charge in [-0.1, -0.05) is 0 Å². The summed E-state index contributed by atoms with van der Waals surface area (Å²) in [6.07, 6.45) is -0.170. The first-order valence-electron chi connectivity index (χ1n) is 3.88. The Bertz CT molecular complexity index is 254. The van der Waals surface area contributed by atoms with Gasteiger partial charge in [0.05, 0.1) is 13.0 Å². The van der Waals surface area contributed by atoms with Crippen molar-refractivity contribution in [1.82, 2.24) is 4.90 Å². The fourth-order valence-corrected chi connectivity index (χ4v) is 1.66. The third-order valence-corrected chi connectivity index (χ3v) is 2.41. The second kappa shape index (κ2) is 4.20. The third-order valence-electron chi connectivity index (χ3n) is 1.70. The number of hydrogen-bond acceptors (Lipinski definition) is 3. The fourth-order valence-electron chi connectivity index (χ4n) is 1.11. The molecule has 3 nitrogen and oxygen atoms in total. The summed E-state index contributed by atoms with van der Waals surface area (Å²) >= 11 is -0.182. The molecule has 0 N–H and O–H groups in total. The highest BCUT2D eigenvalue weighted by Crippen LogP contribution is 2.29. The van der Waals surface area contributed by atoms with E-state index in [4.69, 9.17) is 0 Å². The highest BCUT2D eigenvalue weighted by atomic mass is 32.2. The topological polar surface area (TPSA) is 37.4 Å². The van der Waals surface area contributed by atoms with Crippen LogP contribution >= 0.6 is 11.8 Å². The highest BCUT2D eigenvalue weighted by Gasteiger charge is 2.30. The molecule has 1 rings (SSSR count). The summed E-state index contributed by atoms with van der Waals surface area (Å²) in [6, 6.07) is 0. The van der Waals surface area contributed by atoms with Gasteiger partial charge in [0, 0.05) is 12.3 Å². The number of ketones is 1. The van der Waals surface area contributed by atoms with E-state index >= 15 is 0 Å². The summed E-state index contributed by atoms with van der Waals surface area (Å²) in [5, 5.41) is 0. The zero-order valence-corrected chi connectivity index (χ0v) is 7.95. The average Bonchev–Trinajstić information content (AvgIpc) is 2.27. The molecule has 1 aliphatic rings. The Kier molecular flexibility index (Phi) is 3.41. The molecule has 0 unspecified atom stereocenters. The van der Waals surface area contributed by atoms with Crippen LogP contribution in [0, 0.1) is 0 Å². The second-order valence-electron chi connectivity index (χ2n) is 2.82. The minimum absolute atomic E-state index is 0.0191. The van der Waals surface area contributed by atoms with E-state index < -0.39 is 5.51 Å². The number of halogens is 3. The number of hydrogen-bond donors (Lipinski definition) is 0. The Balaban J connectivity index is 2.26. The minimum Gasteiger partial charge on any atom is -0.334 e. The lowest BCUT2D eigenvalue weighted by Gasteiger charge is -2.14. The number of thioether (sulfide) groups is 1. The number of carbonyl (C=O) groups is 2. The summed E-state index contributed by atoms with van der Waals surface area (Å²) in [5.74, 6) is -0.826. The van der Waals surface area contributed by atoms with Gasteiger partial charge in [-0.2, -0.15) is 13.2 Å². The molecule has 0 radical (unpaired) electrons. The van der Waals surface area contributed by atoms with E-state index in [1.165, 1.54) is 0 Å². The molecule has 0 bridgehead atoms. The lowest BCUT2D eigenvalue weighted by Crippen LogP contribution is -2.28. The van der Waals surface area contributed by atoms with Gasteiger partial charge in [0.15, 0.2) is 5.78 Å². The number of Topliss-reactive ketones (excluding diaryl/α,β-unsaturated/α-hetero) is 1. The van der Waals surface area contributed by atoms with E-state index in [0.29, 0.717) is 0 Å². The largest absolute Gasteiger partial charge is 0.441 e. The van der Waals surface area contributed by atoms with Crippen LogP contribution < -0.4 is 0 Å². The van der Waals surface area contributed by atoms with Crippen molar-refractivity contribution in [3.8, 4) is 0 Å². The molecule has 80 valence electrons. The van der Waals surface area contributed by atoms with Crippen molar-refractivity contribution < 1.29 is 22.8 Å². The van der Waals surface area contributed by atoms with Crippen LogP contribution in [0.1, 0.15) is 6.42 Å². The van der Waals surface area contributed by atoms with Crippen molar-refractivity contribution in [3.05, 3.63) is 0 Å². The molecule has 0 spiro atoms. The number of carbonyl (C=O) groups excluding carboxylic acids is 2. The molecule has 14 heavy (non-hydrogen) atoms. The molecule has 0 aromatic heterocycles. The minimum atomic E-state index is -4.27. The maximum atomic E-state index is 11.7. The SMILES string of the molecule is O=C1CC(=O)N(CCSC(F)(F)F)C1. The van der Waals surface area contributed by atoms with Crippen molar-refractivity contribution in [2.45, 2.75) is 11.9 Å². The van der Waals surface area contributed by atoms with Gasteiger partial charge in [0.1, 0.15) is 0 Å². The quantitative estimate of drug-likeness (QED) is 0.676. The van der Waals surface area contributed by atoms with E-state index in [1.54, 1.807) is 0 Å². The molecule has 0 aromatic carbocycles. The molecule has 1 heterocycles. The Labute approximate surface area is 82.6 Å². The second-order valence-corrected chi connectivity index (χ2v) is 3.98. The zero-order chi connectivity index (χ0) is 10.8. The van der Waals surface area contributed by atoms with Crippen LogP contribution in [-0.4, -0.2) is 40.9 Å². The van der Waals surface area contributed by atoms with Crippen LogP contribution in [0.25, 0.3) is 0 Å². The molecule has 0 saturated carbocycles. The first-order valence-corrected chi connectivity index (χ1v) is 4.87. The van der Waals surface area contributed by atoms with Crippen molar-refractivity contribution in [2.24, 2.45) is 0 Å². The van der Waals surface area contributed by atoms with Gasteiger partial charge in [0.25, 0.3) is 0 Å². The molecular weight excluding hydrogens is 219 g/mol. The predicted molar refractivity (Wildman–Crippen MR) is 44.7 cm³/mol. The molecule has 0 atom stereocenters. The normalized spacial score (nSPS) is 18.1. The lowest BCUT2D eigenvalue weighted by atomic mass is 10.3. The summed E-state index contributed by atoms with van der Waals surface area (Å²) < 4.78 is 35.1. The van der Waals surface area contributed by atoms with E-state index in [9.17, 15) is 22.8 Å². The molecule has 1 aliphatic heterocycles. The maximum absolute atomic E-state index is 11.7. The van der Waals surface area contributed by atoms with Crippen molar-refractivity contribution in [1.29, 1.82) is 0 Å². The van der Waals surface area contributed by atoms with Crippen LogP contribution in [-0.2, 0) is 9.59 Å². The van der Waals surface area contributed by atoms with Gasteiger partial charge in [-0.3, -0.25) is 9.59 Å². The summed E-state index contributed by atoms with van der Waals surface area (Å²) in [5.41, 5.74) is -4.27. The summed E-state index contributed by atoms with van der Waals surface area (Å²) in [4.78, 5) is 22.8. The van der Waals surface area contributed by atoms with E-state index in [0.717, 1.165) is 4.90 Å². The van der Waals surface area contributed by atoms with Crippen molar-refractivity contribution >= 4 is 23.5 Å². The van der Waals surface area contributed by atoms with E-state index in [-0.39, 0.29) is 48.7 Å². The van der Waals surface area contributed by atoms with Gasteiger partial charge < -0.3 is 4.90 Å². The van der Waals surface area contributed by atoms with Gasteiger partial charge >= 0.3 is 5.51 Å². The fraction of sp³-hybridized carbons (Fsp3) is 0.714. The zero-order valence-electron chi connectivity index (χ0n) is 7.13.